The monoisotopic (exact) mass is 312 g/mol. The maximum absolute atomic E-state index is 11.9. The lowest BCUT2D eigenvalue weighted by Gasteiger charge is -2.36. The van der Waals surface area contributed by atoms with Gasteiger partial charge in [0.1, 0.15) is 0 Å². The van der Waals surface area contributed by atoms with Crippen molar-refractivity contribution in [3.05, 3.63) is 23.8 Å². The summed E-state index contributed by atoms with van der Waals surface area (Å²) in [5.41, 5.74) is 1.77. The third-order valence-corrected chi connectivity index (χ3v) is 5.26. The minimum absolute atomic E-state index is 0.140. The van der Waals surface area contributed by atoms with Gasteiger partial charge in [-0.3, -0.25) is 0 Å². The molecule has 0 aromatic heterocycles. The number of nitrogens with one attached hydrogen (secondary N) is 2. The van der Waals surface area contributed by atoms with Gasteiger partial charge in [0.25, 0.3) is 0 Å². The zero-order valence-electron chi connectivity index (χ0n) is 13.1. The Kier molecular flexibility index (Phi) is 4.60. The summed E-state index contributed by atoms with van der Waals surface area (Å²) in [5.74, 6) is 0. The van der Waals surface area contributed by atoms with Crippen molar-refractivity contribution in [3.8, 4) is 0 Å². The predicted octanol–water partition coefficient (Wildman–Crippen LogP) is 2.27. The first-order chi connectivity index (χ1) is 9.73. The van der Waals surface area contributed by atoms with Crippen molar-refractivity contribution in [3.63, 3.8) is 0 Å². The molecule has 1 saturated heterocycles. The number of anilines is 1. The molecule has 5 nitrogen and oxygen atoms in total. The highest BCUT2D eigenvalue weighted by Gasteiger charge is 2.29. The number of rotatable bonds is 4. The van der Waals surface area contributed by atoms with E-state index in [-0.39, 0.29) is 10.5 Å². The van der Waals surface area contributed by atoms with Crippen LogP contribution in [0.4, 0.5) is 5.69 Å². The van der Waals surface area contributed by atoms with Crippen LogP contribution in [0, 0.1) is 6.92 Å². The molecule has 0 radical (unpaired) electrons. The van der Waals surface area contributed by atoms with Gasteiger partial charge < -0.3 is 10.1 Å². The van der Waals surface area contributed by atoms with Gasteiger partial charge in [0.05, 0.1) is 10.5 Å². The molecule has 1 aromatic carbocycles. The van der Waals surface area contributed by atoms with Crippen LogP contribution < -0.4 is 10.0 Å². The molecule has 1 unspecified atom stereocenters. The van der Waals surface area contributed by atoms with E-state index in [0.717, 1.165) is 30.7 Å². The van der Waals surface area contributed by atoms with Crippen molar-refractivity contribution >= 4 is 15.7 Å². The molecule has 0 bridgehead atoms. The fourth-order valence-electron chi connectivity index (χ4n) is 2.62. The molecule has 0 aliphatic carbocycles. The number of hydrogen-bond acceptors (Lipinski definition) is 4. The molecule has 1 aliphatic heterocycles. The van der Waals surface area contributed by atoms with Crippen LogP contribution in [0.3, 0.4) is 0 Å². The van der Waals surface area contributed by atoms with Crippen LogP contribution in [0.15, 0.2) is 23.1 Å². The number of ether oxygens (including phenoxy) is 1. The van der Waals surface area contributed by atoms with Gasteiger partial charge in [-0.2, -0.15) is 0 Å². The van der Waals surface area contributed by atoms with Gasteiger partial charge in [-0.25, -0.2) is 13.1 Å². The van der Waals surface area contributed by atoms with Crippen molar-refractivity contribution in [1.29, 1.82) is 0 Å². The number of hydrogen-bond donors (Lipinski definition) is 2. The average Bonchev–Trinajstić information content (AvgIpc) is 2.40. The third-order valence-electron chi connectivity index (χ3n) is 3.84. The van der Waals surface area contributed by atoms with E-state index in [0.29, 0.717) is 6.04 Å². The van der Waals surface area contributed by atoms with E-state index in [4.69, 9.17) is 4.74 Å². The highest BCUT2D eigenvalue weighted by molar-refractivity contribution is 7.89. The lowest BCUT2D eigenvalue weighted by Crippen LogP contribution is -2.40. The molecule has 2 N–H and O–H groups in total. The first kappa shape index (κ1) is 16.3. The molecule has 1 fully saturated rings. The van der Waals surface area contributed by atoms with Crippen LogP contribution in [-0.2, 0) is 14.8 Å². The summed E-state index contributed by atoms with van der Waals surface area (Å²) in [4.78, 5) is 0.282. The van der Waals surface area contributed by atoms with Crippen LogP contribution >= 0.6 is 0 Å². The van der Waals surface area contributed by atoms with Gasteiger partial charge in [-0.1, -0.05) is 6.07 Å². The Hall–Kier alpha value is -1.11. The van der Waals surface area contributed by atoms with Crippen molar-refractivity contribution in [2.75, 3.05) is 19.0 Å². The fraction of sp³-hybridized carbons (Fsp3) is 0.600. The Morgan fingerprint density at radius 3 is 2.67 bits per heavy atom. The average molecular weight is 312 g/mol. The Balaban J connectivity index is 2.22. The van der Waals surface area contributed by atoms with E-state index in [1.165, 1.54) is 7.05 Å². The van der Waals surface area contributed by atoms with Crippen LogP contribution in [0.5, 0.6) is 0 Å². The largest absolute Gasteiger partial charge is 0.382 e. The Morgan fingerprint density at radius 1 is 1.33 bits per heavy atom. The molecule has 118 valence electrons. The van der Waals surface area contributed by atoms with Crippen LogP contribution in [0.1, 0.15) is 32.3 Å². The summed E-state index contributed by atoms with van der Waals surface area (Å²) in [6, 6.07) is 5.45. The Bertz CT molecular complexity index is 611. The van der Waals surface area contributed by atoms with Gasteiger partial charge >= 0.3 is 0 Å². The van der Waals surface area contributed by atoms with Crippen LogP contribution in [0.25, 0.3) is 0 Å². The zero-order chi connectivity index (χ0) is 15.7. The number of benzene rings is 1. The zero-order valence-corrected chi connectivity index (χ0v) is 13.9. The second-order valence-electron chi connectivity index (χ2n) is 6.13. The second kappa shape index (κ2) is 5.94. The van der Waals surface area contributed by atoms with E-state index in [1.807, 2.05) is 13.0 Å². The van der Waals surface area contributed by atoms with E-state index < -0.39 is 10.0 Å². The SMILES string of the molecule is CNS(=O)(=O)c1ccc(C)c(NC2CCOC(C)(C)C2)c1. The first-order valence-corrected chi connectivity index (χ1v) is 8.66. The normalized spacial score (nSPS) is 22.0. The molecule has 0 saturated carbocycles. The van der Waals surface area contributed by atoms with Crippen molar-refractivity contribution < 1.29 is 13.2 Å². The van der Waals surface area contributed by atoms with E-state index in [1.54, 1.807) is 12.1 Å². The van der Waals surface area contributed by atoms with Gasteiger partial charge in [-0.05, 0) is 58.4 Å². The van der Waals surface area contributed by atoms with Gasteiger partial charge in [0.2, 0.25) is 10.0 Å². The van der Waals surface area contributed by atoms with Crippen molar-refractivity contribution in [2.45, 2.75) is 50.2 Å². The molecule has 1 aliphatic rings. The summed E-state index contributed by atoms with van der Waals surface area (Å²) in [7, 11) is -2.00. The standard InChI is InChI=1S/C15H24N2O3S/c1-11-5-6-13(21(18,19)16-4)9-14(11)17-12-7-8-20-15(2,3)10-12/h5-6,9,12,16-17H,7-8,10H2,1-4H3. The van der Waals surface area contributed by atoms with Gasteiger partial charge in [0.15, 0.2) is 0 Å². The Morgan fingerprint density at radius 2 is 2.05 bits per heavy atom. The van der Waals surface area contributed by atoms with E-state index in [9.17, 15) is 8.42 Å². The highest BCUT2D eigenvalue weighted by Crippen LogP contribution is 2.28. The smallest absolute Gasteiger partial charge is 0.240 e. The summed E-state index contributed by atoms with van der Waals surface area (Å²) in [6.07, 6.45) is 1.82. The number of aryl methyl sites for hydroxylation is 1. The molecule has 21 heavy (non-hydrogen) atoms. The molecular weight excluding hydrogens is 288 g/mol. The topological polar surface area (TPSA) is 67.4 Å². The van der Waals surface area contributed by atoms with Crippen molar-refractivity contribution in [2.24, 2.45) is 0 Å². The van der Waals surface area contributed by atoms with E-state index >= 15 is 0 Å². The highest BCUT2D eigenvalue weighted by atomic mass is 32.2. The maximum Gasteiger partial charge on any atom is 0.240 e. The summed E-state index contributed by atoms with van der Waals surface area (Å²) < 4.78 is 31.9. The number of sulfonamides is 1. The van der Waals surface area contributed by atoms with Gasteiger partial charge in [0, 0.05) is 18.3 Å². The molecule has 1 atom stereocenters. The third kappa shape index (κ3) is 3.96. The summed E-state index contributed by atoms with van der Waals surface area (Å²) in [6.45, 7) is 6.85. The minimum Gasteiger partial charge on any atom is -0.382 e. The lowest BCUT2D eigenvalue weighted by atomic mass is 9.93. The summed E-state index contributed by atoms with van der Waals surface area (Å²) in [5, 5.41) is 3.47. The molecule has 1 heterocycles. The molecule has 1 aromatic rings. The molecule has 6 heteroatoms. The molecule has 0 amide bonds. The van der Waals surface area contributed by atoms with E-state index in [2.05, 4.69) is 23.9 Å². The maximum atomic E-state index is 11.9. The minimum atomic E-state index is -3.42. The summed E-state index contributed by atoms with van der Waals surface area (Å²) >= 11 is 0. The second-order valence-corrected chi connectivity index (χ2v) is 8.01. The lowest BCUT2D eigenvalue weighted by molar-refractivity contribution is -0.0553. The predicted molar refractivity (Wildman–Crippen MR) is 84.1 cm³/mol. The fourth-order valence-corrected chi connectivity index (χ4v) is 3.37. The Labute approximate surface area is 127 Å². The first-order valence-electron chi connectivity index (χ1n) is 7.18. The molecule has 0 spiro atoms. The molecular formula is C15H24N2O3S. The molecule has 2 rings (SSSR count). The quantitative estimate of drug-likeness (QED) is 0.895. The van der Waals surface area contributed by atoms with Crippen LogP contribution in [-0.4, -0.2) is 33.7 Å². The van der Waals surface area contributed by atoms with Crippen molar-refractivity contribution in [1.82, 2.24) is 4.72 Å². The van der Waals surface area contributed by atoms with Gasteiger partial charge in [-0.15, -0.1) is 0 Å². The van der Waals surface area contributed by atoms with Crippen LogP contribution in [0.2, 0.25) is 0 Å².